The summed E-state index contributed by atoms with van der Waals surface area (Å²) in [5, 5.41) is 4.56. The van der Waals surface area contributed by atoms with Crippen molar-refractivity contribution in [2.24, 2.45) is 0 Å². The lowest BCUT2D eigenvalue weighted by atomic mass is 9.88. The fourth-order valence-corrected chi connectivity index (χ4v) is 3.40. The third kappa shape index (κ3) is 5.66. The Balaban J connectivity index is 2.78. The Morgan fingerprint density at radius 1 is 1.05 bits per heavy atom. The quantitative estimate of drug-likeness (QED) is 0.268. The number of rotatable bonds is 11. The summed E-state index contributed by atoms with van der Waals surface area (Å²) in [5.41, 5.74) is -0.265. The van der Waals surface area contributed by atoms with Crippen LogP contribution in [0.5, 0.6) is 0 Å². The van der Waals surface area contributed by atoms with Crippen LogP contribution in [0.15, 0.2) is 0 Å². The summed E-state index contributed by atoms with van der Waals surface area (Å²) >= 11 is 7.97. The molecule has 128 valence electrons. The first-order valence-corrected chi connectivity index (χ1v) is 10.0. The average Bonchev–Trinajstić information content (AvgIpc) is 2.75. The van der Waals surface area contributed by atoms with E-state index in [1.165, 1.54) is 38.5 Å². The molecule has 0 saturated carbocycles. The molecule has 0 spiro atoms. The van der Waals surface area contributed by atoms with E-state index in [1.54, 1.807) is 4.68 Å². The average molecular weight is 443 g/mol. The molecule has 0 aliphatic rings. The van der Waals surface area contributed by atoms with Crippen molar-refractivity contribution in [1.29, 1.82) is 0 Å². The van der Waals surface area contributed by atoms with Gasteiger partial charge < -0.3 is 0 Å². The Morgan fingerprint density at radius 2 is 1.55 bits per heavy atom. The minimum Gasteiger partial charge on any atom is -0.231 e. The Bertz CT molecular complexity index is 450. The van der Waals surface area contributed by atoms with E-state index in [-0.39, 0.29) is 16.6 Å². The van der Waals surface area contributed by atoms with Crippen LogP contribution in [0, 0.1) is 9.52 Å². The highest BCUT2D eigenvalue weighted by Crippen LogP contribution is 2.33. The van der Waals surface area contributed by atoms with E-state index in [0.29, 0.717) is 3.57 Å². The molecule has 1 aromatic heterocycles. The number of halogens is 3. The second kappa shape index (κ2) is 10.1. The van der Waals surface area contributed by atoms with Crippen LogP contribution in [0.3, 0.4) is 0 Å². The topological polar surface area (TPSA) is 17.8 Å². The predicted molar refractivity (Wildman–Crippen MR) is 101 cm³/mol. The van der Waals surface area contributed by atoms with Crippen LogP contribution in [0.2, 0.25) is 5.15 Å². The van der Waals surface area contributed by atoms with E-state index in [1.807, 2.05) is 22.6 Å². The van der Waals surface area contributed by atoms with Crippen molar-refractivity contribution >= 4 is 34.2 Å². The predicted octanol–water partition coefficient (Wildman–Crippen LogP) is 6.94. The molecule has 1 unspecified atom stereocenters. The molecular weight excluding hydrogens is 414 g/mol. The molecule has 1 rings (SSSR count). The molecule has 0 bridgehead atoms. The Morgan fingerprint density at radius 3 is 2.05 bits per heavy atom. The van der Waals surface area contributed by atoms with Gasteiger partial charge in [0.1, 0.15) is 3.57 Å². The molecule has 1 heterocycles. The van der Waals surface area contributed by atoms with Crippen molar-refractivity contribution < 1.29 is 4.39 Å². The summed E-state index contributed by atoms with van der Waals surface area (Å²) in [6.45, 7) is 6.54. The van der Waals surface area contributed by atoms with Gasteiger partial charge in [0.25, 0.3) is 0 Å². The van der Waals surface area contributed by atoms with Crippen molar-refractivity contribution in [3.8, 4) is 0 Å². The molecule has 0 N–H and O–H groups in total. The van der Waals surface area contributed by atoms with Crippen LogP contribution >= 0.6 is 34.2 Å². The van der Waals surface area contributed by atoms with Crippen LogP contribution < -0.4 is 0 Å². The monoisotopic (exact) mass is 442 g/mol. The van der Waals surface area contributed by atoms with E-state index in [0.717, 1.165) is 25.7 Å². The highest BCUT2D eigenvalue weighted by molar-refractivity contribution is 14.1. The van der Waals surface area contributed by atoms with Crippen LogP contribution in [-0.4, -0.2) is 9.78 Å². The van der Waals surface area contributed by atoms with Crippen molar-refractivity contribution in [2.45, 2.75) is 90.5 Å². The molecule has 1 atom stereocenters. The summed E-state index contributed by atoms with van der Waals surface area (Å²) in [6, 6.07) is 0. The van der Waals surface area contributed by atoms with E-state index in [4.69, 9.17) is 11.6 Å². The molecule has 0 aliphatic heterocycles. The summed E-state index contributed by atoms with van der Waals surface area (Å²) < 4.78 is 16.5. The molecule has 0 amide bonds. The highest BCUT2D eigenvalue weighted by Gasteiger charge is 2.31. The second-order valence-electron chi connectivity index (χ2n) is 6.43. The summed E-state index contributed by atoms with van der Waals surface area (Å²) in [6.07, 6.45) is 11.5. The fourth-order valence-electron chi connectivity index (χ4n) is 2.91. The number of hydrogen-bond acceptors (Lipinski definition) is 1. The van der Waals surface area contributed by atoms with Crippen LogP contribution in [-0.2, 0) is 5.54 Å². The lowest BCUT2D eigenvalue weighted by Crippen LogP contribution is -2.32. The maximum atomic E-state index is 14.5. The van der Waals surface area contributed by atoms with E-state index >= 15 is 0 Å². The van der Waals surface area contributed by atoms with Crippen molar-refractivity contribution in [3.05, 3.63) is 14.7 Å². The Labute approximate surface area is 153 Å². The maximum Gasteiger partial charge on any atom is 0.227 e. The zero-order chi connectivity index (χ0) is 16.6. The molecule has 0 radical (unpaired) electrons. The molecule has 1 aromatic rings. The van der Waals surface area contributed by atoms with E-state index in [9.17, 15) is 4.39 Å². The zero-order valence-electron chi connectivity index (χ0n) is 14.1. The van der Waals surface area contributed by atoms with Gasteiger partial charge in [-0.05, 0) is 42.4 Å². The van der Waals surface area contributed by atoms with Gasteiger partial charge in [0.05, 0.1) is 5.54 Å². The van der Waals surface area contributed by atoms with Gasteiger partial charge in [0, 0.05) is 0 Å². The number of aromatic nitrogens is 2. The van der Waals surface area contributed by atoms with Crippen molar-refractivity contribution in [1.82, 2.24) is 9.78 Å². The maximum absolute atomic E-state index is 14.5. The highest BCUT2D eigenvalue weighted by atomic mass is 127. The number of nitrogens with zero attached hydrogens (tertiary/aromatic N) is 2. The second-order valence-corrected chi connectivity index (χ2v) is 7.86. The van der Waals surface area contributed by atoms with Crippen LogP contribution in [0.4, 0.5) is 4.39 Å². The summed E-state index contributed by atoms with van der Waals surface area (Å²) in [5.74, 6) is -0.279. The first kappa shape index (κ1) is 20.2. The van der Waals surface area contributed by atoms with Crippen molar-refractivity contribution in [2.75, 3.05) is 0 Å². The van der Waals surface area contributed by atoms with Gasteiger partial charge in [-0.1, -0.05) is 76.8 Å². The minimum atomic E-state index is -0.279. The van der Waals surface area contributed by atoms with Gasteiger partial charge in [0.2, 0.25) is 5.95 Å². The van der Waals surface area contributed by atoms with Crippen LogP contribution in [0.25, 0.3) is 0 Å². The standard InChI is InChI=1S/C17H29ClFIN2/c1-4-6-8-9-11-13-17(3,12-10-7-5-2)22-16(19)14(20)15(18)21-22/h4-13H2,1-3H3. The van der Waals surface area contributed by atoms with Gasteiger partial charge in [-0.2, -0.15) is 9.49 Å². The summed E-state index contributed by atoms with van der Waals surface area (Å²) in [7, 11) is 0. The molecule has 5 heteroatoms. The fraction of sp³-hybridized carbons (Fsp3) is 0.824. The molecule has 22 heavy (non-hydrogen) atoms. The minimum absolute atomic E-state index is 0.265. The Kier molecular flexibility index (Phi) is 9.29. The largest absolute Gasteiger partial charge is 0.231 e. The molecule has 0 saturated heterocycles. The van der Waals surface area contributed by atoms with Gasteiger partial charge in [0.15, 0.2) is 5.15 Å². The molecule has 2 nitrogen and oxygen atoms in total. The first-order valence-electron chi connectivity index (χ1n) is 8.56. The SMILES string of the molecule is CCCCCCCC(C)(CCCCC)n1nc(Cl)c(I)c1F. The lowest BCUT2D eigenvalue weighted by Gasteiger charge is -2.30. The number of hydrogen-bond donors (Lipinski definition) is 0. The smallest absolute Gasteiger partial charge is 0.227 e. The third-order valence-corrected chi connectivity index (χ3v) is 5.92. The van der Waals surface area contributed by atoms with Gasteiger partial charge in [-0.25, -0.2) is 4.68 Å². The van der Waals surface area contributed by atoms with E-state index in [2.05, 4.69) is 25.9 Å². The first-order chi connectivity index (χ1) is 10.5. The van der Waals surface area contributed by atoms with Gasteiger partial charge >= 0.3 is 0 Å². The van der Waals surface area contributed by atoms with Crippen molar-refractivity contribution in [3.63, 3.8) is 0 Å². The molecular formula is C17H29ClFIN2. The molecule has 0 fully saturated rings. The van der Waals surface area contributed by atoms with Gasteiger partial charge in [-0.3, -0.25) is 0 Å². The zero-order valence-corrected chi connectivity index (χ0v) is 17.0. The molecule has 0 aromatic carbocycles. The lowest BCUT2D eigenvalue weighted by molar-refractivity contribution is 0.199. The van der Waals surface area contributed by atoms with E-state index < -0.39 is 0 Å². The van der Waals surface area contributed by atoms with Crippen LogP contribution in [0.1, 0.15) is 85.0 Å². The molecule has 0 aliphatic carbocycles. The van der Waals surface area contributed by atoms with Gasteiger partial charge in [-0.15, -0.1) is 0 Å². The summed E-state index contributed by atoms with van der Waals surface area (Å²) in [4.78, 5) is 0. The third-order valence-electron chi connectivity index (χ3n) is 4.39. The Hall–Kier alpha value is 0.160. The number of unbranched alkanes of at least 4 members (excludes halogenated alkanes) is 6. The normalized spacial score (nSPS) is 14.3.